The summed E-state index contributed by atoms with van der Waals surface area (Å²) in [7, 11) is 0. The molecule has 10 heteroatoms. The van der Waals surface area contributed by atoms with E-state index in [-0.39, 0.29) is 36.9 Å². The second kappa shape index (κ2) is 12.5. The predicted octanol–water partition coefficient (Wildman–Crippen LogP) is 2.18. The summed E-state index contributed by atoms with van der Waals surface area (Å²) in [5.41, 5.74) is 1.90. The van der Waals surface area contributed by atoms with Crippen molar-refractivity contribution in [3.63, 3.8) is 0 Å². The Bertz CT molecular complexity index is 1140. The van der Waals surface area contributed by atoms with Gasteiger partial charge in [0.25, 0.3) is 0 Å². The lowest BCUT2D eigenvalue weighted by atomic mass is 9.82. The third-order valence-corrected chi connectivity index (χ3v) is 7.74. The molecule has 0 bridgehead atoms. The van der Waals surface area contributed by atoms with Crippen molar-refractivity contribution in [1.82, 2.24) is 25.0 Å². The highest BCUT2D eigenvalue weighted by Crippen LogP contribution is 2.27. The number of rotatable bonds is 11. The Hall–Kier alpha value is -3.27. The molecule has 1 atom stereocenters. The minimum Gasteiger partial charge on any atom is -0.387 e. The fourth-order valence-electron chi connectivity index (χ4n) is 5.37. The summed E-state index contributed by atoms with van der Waals surface area (Å²) >= 11 is 0. The molecule has 0 spiro atoms. The van der Waals surface area contributed by atoms with Crippen LogP contribution in [0.3, 0.4) is 0 Å². The van der Waals surface area contributed by atoms with Crippen LogP contribution in [0.1, 0.15) is 68.8 Å². The lowest BCUT2D eigenvalue weighted by Crippen LogP contribution is -2.61. The Morgan fingerprint density at radius 3 is 2.66 bits per heavy atom. The Morgan fingerprint density at radius 1 is 1.16 bits per heavy atom. The maximum absolute atomic E-state index is 12.8. The van der Waals surface area contributed by atoms with Gasteiger partial charge in [0, 0.05) is 56.6 Å². The normalized spacial score (nSPS) is 17.3. The Kier molecular flexibility index (Phi) is 9.14. The van der Waals surface area contributed by atoms with E-state index in [0.717, 1.165) is 55.9 Å². The minimum atomic E-state index is -1.37. The van der Waals surface area contributed by atoms with Gasteiger partial charge in [-0.05, 0) is 76.5 Å². The number of nitrogens with one attached hydrogen (secondary N) is 2. The third-order valence-electron chi connectivity index (χ3n) is 7.74. The number of hydrogen-bond acceptors (Lipinski definition) is 7. The van der Waals surface area contributed by atoms with Crippen LogP contribution in [0.25, 0.3) is 0 Å². The van der Waals surface area contributed by atoms with Crippen LogP contribution >= 0.6 is 0 Å². The van der Waals surface area contributed by atoms with Crippen LogP contribution in [0.4, 0.5) is 5.82 Å². The first-order valence-corrected chi connectivity index (χ1v) is 13.8. The van der Waals surface area contributed by atoms with Crippen molar-refractivity contribution < 1.29 is 19.5 Å². The number of pyridine rings is 1. The van der Waals surface area contributed by atoms with E-state index in [0.29, 0.717) is 26.1 Å². The van der Waals surface area contributed by atoms with E-state index in [1.165, 1.54) is 12.5 Å². The van der Waals surface area contributed by atoms with Gasteiger partial charge in [0.15, 0.2) is 5.78 Å². The quantitative estimate of drug-likeness (QED) is 0.384. The highest BCUT2D eigenvalue weighted by Gasteiger charge is 2.43. The number of fused-ring (bicyclic) bond motifs is 1. The molecule has 1 unspecified atom stereocenters. The SMILES string of the molecule is CC(=O)C(NC(=O)CCn1nccc1C)C1(O)CCN(C(=O)CCCCc2ccc3c(n2)NCCC3)CC1. The number of aryl methyl sites for hydroxylation is 4. The Labute approximate surface area is 224 Å². The molecule has 2 amide bonds. The van der Waals surface area contributed by atoms with Crippen molar-refractivity contribution in [2.24, 2.45) is 0 Å². The zero-order valence-electron chi connectivity index (χ0n) is 22.5. The molecule has 3 N–H and O–H groups in total. The summed E-state index contributed by atoms with van der Waals surface area (Å²) < 4.78 is 1.72. The number of carbonyl (C=O) groups excluding carboxylic acids is 3. The van der Waals surface area contributed by atoms with Crippen LogP contribution in [-0.4, -0.2) is 73.6 Å². The summed E-state index contributed by atoms with van der Waals surface area (Å²) in [6.07, 6.45) is 7.46. The lowest BCUT2D eigenvalue weighted by molar-refractivity contribution is -0.142. The molecule has 2 aromatic rings. The van der Waals surface area contributed by atoms with Gasteiger partial charge in [0.2, 0.25) is 11.8 Å². The van der Waals surface area contributed by atoms with Gasteiger partial charge >= 0.3 is 0 Å². The number of aliphatic hydroxyl groups is 1. The van der Waals surface area contributed by atoms with E-state index in [1.54, 1.807) is 15.8 Å². The predicted molar refractivity (Wildman–Crippen MR) is 144 cm³/mol. The monoisotopic (exact) mass is 524 g/mol. The van der Waals surface area contributed by atoms with Gasteiger partial charge in [-0.3, -0.25) is 19.1 Å². The second-order valence-corrected chi connectivity index (χ2v) is 10.6. The topological polar surface area (TPSA) is 129 Å². The highest BCUT2D eigenvalue weighted by atomic mass is 16.3. The van der Waals surface area contributed by atoms with Crippen LogP contribution in [0.15, 0.2) is 24.4 Å². The Balaban J connectivity index is 1.20. The van der Waals surface area contributed by atoms with Crippen molar-refractivity contribution in [2.45, 2.75) is 89.8 Å². The largest absolute Gasteiger partial charge is 0.387 e. The molecule has 1 fully saturated rings. The number of aromatic nitrogens is 3. The van der Waals surface area contributed by atoms with E-state index in [4.69, 9.17) is 4.98 Å². The van der Waals surface area contributed by atoms with Gasteiger partial charge in [0.1, 0.15) is 11.9 Å². The molecule has 2 aliphatic heterocycles. The van der Waals surface area contributed by atoms with Crippen molar-refractivity contribution in [2.75, 3.05) is 25.0 Å². The lowest BCUT2D eigenvalue weighted by Gasteiger charge is -2.42. The van der Waals surface area contributed by atoms with Gasteiger partial charge in [-0.1, -0.05) is 6.07 Å². The fourth-order valence-corrected chi connectivity index (χ4v) is 5.37. The van der Waals surface area contributed by atoms with Crippen LogP contribution < -0.4 is 10.6 Å². The van der Waals surface area contributed by atoms with Crippen molar-refractivity contribution in [3.8, 4) is 0 Å². The van der Waals surface area contributed by atoms with Gasteiger partial charge in [-0.15, -0.1) is 0 Å². The van der Waals surface area contributed by atoms with E-state index < -0.39 is 11.6 Å². The summed E-state index contributed by atoms with van der Waals surface area (Å²) in [6.45, 7) is 5.37. The molecule has 1 saturated heterocycles. The van der Waals surface area contributed by atoms with Gasteiger partial charge < -0.3 is 20.6 Å². The summed E-state index contributed by atoms with van der Waals surface area (Å²) in [4.78, 5) is 44.2. The van der Waals surface area contributed by atoms with E-state index in [2.05, 4.69) is 27.9 Å². The third kappa shape index (κ3) is 6.98. The number of carbonyl (C=O) groups is 3. The molecular weight excluding hydrogens is 484 g/mol. The van der Waals surface area contributed by atoms with Crippen molar-refractivity contribution in [1.29, 1.82) is 0 Å². The number of unbranched alkanes of at least 4 members (excludes halogenated alkanes) is 1. The molecule has 0 radical (unpaired) electrons. The first-order chi connectivity index (χ1) is 18.2. The molecule has 0 aromatic carbocycles. The van der Waals surface area contributed by atoms with Crippen LogP contribution in [0.2, 0.25) is 0 Å². The fraction of sp³-hybridized carbons (Fsp3) is 0.607. The van der Waals surface area contributed by atoms with Crippen LogP contribution in [-0.2, 0) is 33.8 Å². The molecule has 2 aromatic heterocycles. The van der Waals surface area contributed by atoms with Crippen LogP contribution in [0.5, 0.6) is 0 Å². The minimum absolute atomic E-state index is 0.0603. The molecular formula is C28H40N6O4. The second-order valence-electron chi connectivity index (χ2n) is 10.6. The van der Waals surface area contributed by atoms with E-state index in [9.17, 15) is 19.5 Å². The smallest absolute Gasteiger partial charge is 0.222 e. The first-order valence-electron chi connectivity index (χ1n) is 13.8. The molecule has 206 valence electrons. The van der Waals surface area contributed by atoms with Gasteiger partial charge in [-0.2, -0.15) is 5.10 Å². The summed E-state index contributed by atoms with van der Waals surface area (Å²) in [6, 6.07) is 5.10. The average Bonchev–Trinajstić information content (AvgIpc) is 3.33. The highest BCUT2D eigenvalue weighted by molar-refractivity contribution is 5.88. The van der Waals surface area contributed by atoms with Crippen molar-refractivity contribution >= 4 is 23.4 Å². The number of nitrogens with zero attached hydrogens (tertiary/aromatic N) is 4. The molecule has 4 heterocycles. The van der Waals surface area contributed by atoms with E-state index in [1.807, 2.05) is 13.0 Å². The number of hydrogen-bond donors (Lipinski definition) is 3. The standard InChI is InChI=1S/C28H40N6O4/c1-20-11-16-30-34(20)17-12-24(36)32-26(21(2)35)28(38)13-18-33(19-14-28)25(37)8-4-3-7-23-10-9-22-6-5-15-29-27(22)31-23/h9-11,16,26,38H,3-8,12-15,17-19H2,1-2H3,(H,29,31)(H,32,36). The zero-order valence-corrected chi connectivity index (χ0v) is 22.5. The summed E-state index contributed by atoms with van der Waals surface area (Å²) in [5, 5.41) is 21.5. The molecule has 4 rings (SSSR count). The molecule has 0 saturated carbocycles. The number of Topliss-reactive ketones (excluding diaryl/α,β-unsaturated/α-hetero) is 1. The number of ketones is 1. The maximum atomic E-state index is 12.8. The number of piperidine rings is 1. The maximum Gasteiger partial charge on any atom is 0.222 e. The molecule has 10 nitrogen and oxygen atoms in total. The van der Waals surface area contributed by atoms with E-state index >= 15 is 0 Å². The van der Waals surface area contributed by atoms with Gasteiger partial charge in [-0.25, -0.2) is 4.98 Å². The van der Waals surface area contributed by atoms with Gasteiger partial charge in [0.05, 0.1) is 5.60 Å². The first kappa shape index (κ1) is 27.8. The number of anilines is 1. The zero-order chi connectivity index (χ0) is 27.1. The van der Waals surface area contributed by atoms with Crippen LogP contribution in [0, 0.1) is 6.92 Å². The molecule has 2 aliphatic rings. The van der Waals surface area contributed by atoms with Crippen molar-refractivity contribution in [3.05, 3.63) is 41.3 Å². The summed E-state index contributed by atoms with van der Waals surface area (Å²) in [5.74, 6) is 0.460. The molecule has 0 aliphatic carbocycles. The molecule has 38 heavy (non-hydrogen) atoms. The Morgan fingerprint density at radius 2 is 1.95 bits per heavy atom. The number of likely N-dealkylation sites (tertiary alicyclic amines) is 1. The number of amides is 2. The average molecular weight is 525 g/mol.